The van der Waals surface area contributed by atoms with Gasteiger partial charge in [0.2, 0.25) is 0 Å². The largest absolute Gasteiger partial charge is 0.378 e. The Labute approximate surface area is 44.7 Å². The minimum Gasteiger partial charge on any atom is -0.378 e. The fourth-order valence-corrected chi connectivity index (χ4v) is 0.807. The van der Waals surface area contributed by atoms with Gasteiger partial charge < -0.3 is 4.74 Å². The van der Waals surface area contributed by atoms with Crippen LogP contribution in [0, 0.1) is 6.92 Å². The molecule has 0 aromatic heterocycles. The molecule has 7 heavy (non-hydrogen) atoms. The molecule has 1 aliphatic rings. The summed E-state index contributed by atoms with van der Waals surface area (Å²) in [5, 5.41) is 0. The first-order valence-electron chi connectivity index (χ1n) is 2.84. The van der Waals surface area contributed by atoms with Crippen molar-refractivity contribution < 1.29 is 4.74 Å². The molecule has 0 saturated carbocycles. The topological polar surface area (TPSA) is 9.23 Å². The summed E-state index contributed by atoms with van der Waals surface area (Å²) < 4.78 is 5.17. The van der Waals surface area contributed by atoms with Gasteiger partial charge in [-0.05, 0) is 26.2 Å². The Kier molecular flexibility index (Phi) is 1.69. The van der Waals surface area contributed by atoms with Crippen molar-refractivity contribution in [2.24, 2.45) is 0 Å². The Bertz CT molecular complexity index is 46.1. The highest BCUT2D eigenvalue weighted by Gasteiger charge is 2.05. The molecule has 0 spiro atoms. The van der Waals surface area contributed by atoms with Crippen molar-refractivity contribution in [2.75, 3.05) is 6.61 Å². The van der Waals surface area contributed by atoms with E-state index in [1.165, 1.54) is 12.8 Å². The lowest BCUT2D eigenvalue weighted by molar-refractivity contribution is 0.0448. The molecule has 0 amide bonds. The molecule has 1 aliphatic heterocycles. The van der Waals surface area contributed by atoms with E-state index in [9.17, 15) is 0 Å². The second kappa shape index (κ2) is 2.31. The van der Waals surface area contributed by atoms with Gasteiger partial charge in [0.25, 0.3) is 0 Å². The van der Waals surface area contributed by atoms with Crippen LogP contribution in [0.15, 0.2) is 0 Å². The van der Waals surface area contributed by atoms with E-state index >= 15 is 0 Å². The fraction of sp³-hybridized carbons (Fsp3) is 0.833. The highest BCUT2D eigenvalue weighted by Crippen LogP contribution is 2.10. The molecule has 0 N–H and O–H groups in total. The molecule has 0 aromatic carbocycles. The summed E-state index contributed by atoms with van der Waals surface area (Å²) in [6.07, 6.45) is 3.97. The van der Waals surface area contributed by atoms with Crippen LogP contribution in [0.25, 0.3) is 0 Å². The van der Waals surface area contributed by atoms with Crippen molar-refractivity contribution >= 4 is 0 Å². The van der Waals surface area contributed by atoms with Gasteiger partial charge in [-0.15, -0.1) is 0 Å². The molecule has 0 bridgehead atoms. The molecule has 1 heteroatoms. The van der Waals surface area contributed by atoms with E-state index < -0.39 is 0 Å². The summed E-state index contributed by atoms with van der Waals surface area (Å²) in [4.78, 5) is 0. The van der Waals surface area contributed by atoms with Gasteiger partial charge >= 0.3 is 0 Å². The van der Waals surface area contributed by atoms with Gasteiger partial charge in [0.1, 0.15) is 0 Å². The van der Waals surface area contributed by atoms with E-state index in [2.05, 4.69) is 6.92 Å². The van der Waals surface area contributed by atoms with E-state index in [-0.39, 0.29) is 6.10 Å². The van der Waals surface area contributed by atoms with E-state index in [4.69, 9.17) is 4.74 Å². The number of ether oxygens (including phenoxy) is 1. The molecule has 1 unspecified atom stereocenters. The average molecular weight is 99.2 g/mol. The molecule has 41 valence electrons. The Morgan fingerprint density at radius 3 is 2.57 bits per heavy atom. The number of rotatable bonds is 0. The Morgan fingerprint density at radius 1 is 1.43 bits per heavy atom. The molecular formula is C6H11O. The molecule has 0 aromatic rings. The first-order chi connectivity index (χ1) is 3.39. The standard InChI is InChI=1S/C6H11O/c1-6-4-2-3-5-7-6/h6H,1-5H2. The van der Waals surface area contributed by atoms with Gasteiger partial charge in [0, 0.05) is 6.61 Å². The molecule has 1 nitrogen and oxygen atoms in total. The van der Waals surface area contributed by atoms with Gasteiger partial charge in [-0.3, -0.25) is 0 Å². The minimum atomic E-state index is 0.286. The van der Waals surface area contributed by atoms with E-state index in [0.29, 0.717) is 0 Å². The summed E-state index contributed by atoms with van der Waals surface area (Å²) in [6.45, 7) is 4.70. The van der Waals surface area contributed by atoms with Crippen LogP contribution in [0.3, 0.4) is 0 Å². The zero-order valence-electron chi connectivity index (χ0n) is 4.52. The van der Waals surface area contributed by atoms with Crippen LogP contribution in [0.2, 0.25) is 0 Å². The molecule has 1 fully saturated rings. The third kappa shape index (κ3) is 1.48. The monoisotopic (exact) mass is 99.1 g/mol. The lowest BCUT2D eigenvalue weighted by Gasteiger charge is -2.17. The SMILES string of the molecule is [CH2]C1CCCCO1. The maximum atomic E-state index is 5.17. The molecule has 1 heterocycles. The third-order valence-corrected chi connectivity index (χ3v) is 1.27. The van der Waals surface area contributed by atoms with Gasteiger partial charge in [-0.2, -0.15) is 0 Å². The third-order valence-electron chi connectivity index (χ3n) is 1.27. The quantitative estimate of drug-likeness (QED) is 0.446. The highest BCUT2D eigenvalue weighted by atomic mass is 16.5. The minimum absolute atomic E-state index is 0.286. The molecule has 1 rings (SSSR count). The maximum absolute atomic E-state index is 5.17. The van der Waals surface area contributed by atoms with Crippen molar-refractivity contribution in [1.82, 2.24) is 0 Å². The zero-order chi connectivity index (χ0) is 5.11. The van der Waals surface area contributed by atoms with Crippen LogP contribution < -0.4 is 0 Å². The van der Waals surface area contributed by atoms with Gasteiger partial charge in [0.05, 0.1) is 6.10 Å². The smallest absolute Gasteiger partial charge is 0.0576 e. The Balaban J connectivity index is 2.12. The average Bonchev–Trinajstić information content (AvgIpc) is 1.69. The first-order valence-corrected chi connectivity index (χ1v) is 2.84. The van der Waals surface area contributed by atoms with Crippen molar-refractivity contribution in [3.05, 3.63) is 6.92 Å². The van der Waals surface area contributed by atoms with Gasteiger partial charge in [0.15, 0.2) is 0 Å². The second-order valence-electron chi connectivity index (χ2n) is 1.99. The second-order valence-corrected chi connectivity index (χ2v) is 1.99. The summed E-state index contributed by atoms with van der Waals surface area (Å²) in [5.41, 5.74) is 0. The van der Waals surface area contributed by atoms with Gasteiger partial charge in [-0.25, -0.2) is 0 Å². The molecule has 1 radical (unpaired) electrons. The number of hydrogen-bond acceptors (Lipinski definition) is 1. The number of hydrogen-bond donors (Lipinski definition) is 0. The molecule has 1 atom stereocenters. The summed E-state index contributed by atoms with van der Waals surface area (Å²) in [6, 6.07) is 0. The maximum Gasteiger partial charge on any atom is 0.0576 e. The van der Waals surface area contributed by atoms with Gasteiger partial charge in [-0.1, -0.05) is 0 Å². The Hall–Kier alpha value is -0.0400. The van der Waals surface area contributed by atoms with E-state index in [1.54, 1.807) is 0 Å². The summed E-state index contributed by atoms with van der Waals surface area (Å²) in [5.74, 6) is 0. The summed E-state index contributed by atoms with van der Waals surface area (Å²) >= 11 is 0. The predicted molar refractivity (Wildman–Crippen MR) is 28.9 cm³/mol. The molecule has 0 aliphatic carbocycles. The predicted octanol–water partition coefficient (Wildman–Crippen LogP) is 1.39. The Morgan fingerprint density at radius 2 is 2.29 bits per heavy atom. The fourth-order valence-electron chi connectivity index (χ4n) is 0.807. The lowest BCUT2D eigenvalue weighted by atomic mass is 10.1. The van der Waals surface area contributed by atoms with Crippen LogP contribution in [0.1, 0.15) is 19.3 Å². The van der Waals surface area contributed by atoms with Crippen LogP contribution in [0.4, 0.5) is 0 Å². The van der Waals surface area contributed by atoms with Crippen LogP contribution in [0.5, 0.6) is 0 Å². The van der Waals surface area contributed by atoms with Crippen molar-refractivity contribution in [3.63, 3.8) is 0 Å². The first kappa shape index (κ1) is 5.10. The molecular weight excluding hydrogens is 88.1 g/mol. The lowest BCUT2D eigenvalue weighted by Crippen LogP contribution is -2.14. The van der Waals surface area contributed by atoms with Crippen molar-refractivity contribution in [3.8, 4) is 0 Å². The summed E-state index contributed by atoms with van der Waals surface area (Å²) in [7, 11) is 0. The van der Waals surface area contributed by atoms with E-state index in [1.807, 2.05) is 0 Å². The molecule has 1 saturated heterocycles. The van der Waals surface area contributed by atoms with Crippen molar-refractivity contribution in [2.45, 2.75) is 25.4 Å². The van der Waals surface area contributed by atoms with Crippen LogP contribution in [-0.2, 0) is 4.74 Å². The normalized spacial score (nSPS) is 33.0. The van der Waals surface area contributed by atoms with Crippen LogP contribution >= 0.6 is 0 Å². The zero-order valence-corrected chi connectivity index (χ0v) is 4.52. The highest BCUT2D eigenvalue weighted by molar-refractivity contribution is 4.63. The van der Waals surface area contributed by atoms with E-state index in [0.717, 1.165) is 13.0 Å². The van der Waals surface area contributed by atoms with Crippen molar-refractivity contribution in [1.29, 1.82) is 0 Å². The van der Waals surface area contributed by atoms with Crippen LogP contribution in [-0.4, -0.2) is 12.7 Å².